The lowest BCUT2D eigenvalue weighted by Gasteiger charge is -2.29. The van der Waals surface area contributed by atoms with Crippen LogP contribution in [0.1, 0.15) is 25.3 Å². The van der Waals surface area contributed by atoms with Gasteiger partial charge in [-0.3, -0.25) is 4.79 Å². The third kappa shape index (κ3) is 5.01. The lowest BCUT2D eigenvalue weighted by atomic mass is 10.0. The molecule has 28 heavy (non-hydrogen) atoms. The van der Waals surface area contributed by atoms with Crippen LogP contribution < -0.4 is 5.32 Å². The van der Waals surface area contributed by atoms with Crippen molar-refractivity contribution in [3.05, 3.63) is 65.2 Å². The molecule has 0 unspecified atom stereocenters. The SMILES string of the molecule is CC1CCN(S(=O)(=O)c2ccc(NC(=O)C(Cl)=Cc3ccccc3)cc2)CC1. The van der Waals surface area contributed by atoms with E-state index in [0.29, 0.717) is 24.7 Å². The molecule has 0 aromatic heterocycles. The average molecular weight is 419 g/mol. The monoisotopic (exact) mass is 418 g/mol. The summed E-state index contributed by atoms with van der Waals surface area (Å²) in [7, 11) is -3.50. The second-order valence-electron chi connectivity index (χ2n) is 6.97. The van der Waals surface area contributed by atoms with E-state index in [1.54, 1.807) is 18.2 Å². The smallest absolute Gasteiger partial charge is 0.267 e. The Morgan fingerprint density at radius 3 is 2.29 bits per heavy atom. The molecule has 3 rings (SSSR count). The summed E-state index contributed by atoms with van der Waals surface area (Å²) >= 11 is 6.08. The van der Waals surface area contributed by atoms with Gasteiger partial charge < -0.3 is 5.32 Å². The molecule has 1 saturated heterocycles. The molecule has 7 heteroatoms. The number of anilines is 1. The van der Waals surface area contributed by atoms with Crippen molar-refractivity contribution < 1.29 is 13.2 Å². The molecule has 2 aromatic carbocycles. The number of nitrogens with one attached hydrogen (secondary N) is 1. The largest absolute Gasteiger partial charge is 0.321 e. The number of amides is 1. The first-order valence-electron chi connectivity index (χ1n) is 9.20. The molecule has 5 nitrogen and oxygen atoms in total. The minimum Gasteiger partial charge on any atom is -0.321 e. The number of carbonyl (C=O) groups is 1. The molecule has 1 heterocycles. The van der Waals surface area contributed by atoms with Crippen molar-refractivity contribution in [1.29, 1.82) is 0 Å². The fourth-order valence-electron chi connectivity index (χ4n) is 3.04. The van der Waals surface area contributed by atoms with Crippen molar-refractivity contribution in [3.63, 3.8) is 0 Å². The number of nitrogens with zero attached hydrogens (tertiary/aromatic N) is 1. The number of rotatable bonds is 5. The summed E-state index contributed by atoms with van der Waals surface area (Å²) in [4.78, 5) is 12.5. The molecular weight excluding hydrogens is 396 g/mol. The van der Waals surface area contributed by atoms with Gasteiger partial charge in [-0.1, -0.05) is 48.9 Å². The summed E-state index contributed by atoms with van der Waals surface area (Å²) in [6.07, 6.45) is 3.33. The number of carbonyl (C=O) groups excluding carboxylic acids is 1. The highest BCUT2D eigenvalue weighted by atomic mass is 35.5. The second kappa shape index (κ2) is 8.90. The quantitative estimate of drug-likeness (QED) is 0.735. The first kappa shape index (κ1) is 20.6. The van der Waals surface area contributed by atoms with E-state index in [0.717, 1.165) is 18.4 Å². The van der Waals surface area contributed by atoms with Crippen LogP contribution in [0.2, 0.25) is 0 Å². The average Bonchev–Trinajstić information content (AvgIpc) is 2.69. The molecular formula is C21H23ClN2O3S. The Kier molecular flexibility index (Phi) is 6.54. The fraction of sp³-hybridized carbons (Fsp3) is 0.286. The Balaban J connectivity index is 1.67. The Hall–Kier alpha value is -2.15. The van der Waals surface area contributed by atoms with Crippen LogP contribution in [0.25, 0.3) is 6.08 Å². The third-order valence-corrected chi connectivity index (χ3v) is 7.00. The summed E-state index contributed by atoms with van der Waals surface area (Å²) < 4.78 is 27.0. The van der Waals surface area contributed by atoms with Crippen molar-refractivity contribution >= 4 is 39.3 Å². The summed E-state index contributed by atoms with van der Waals surface area (Å²) in [6.45, 7) is 3.22. The molecule has 2 aromatic rings. The number of benzene rings is 2. The Morgan fingerprint density at radius 1 is 1.07 bits per heavy atom. The number of sulfonamides is 1. The van der Waals surface area contributed by atoms with E-state index in [2.05, 4.69) is 12.2 Å². The first-order valence-corrected chi connectivity index (χ1v) is 11.0. The molecule has 1 N–H and O–H groups in total. The molecule has 0 saturated carbocycles. The van der Waals surface area contributed by atoms with Crippen LogP contribution in [0.15, 0.2) is 64.5 Å². The van der Waals surface area contributed by atoms with Crippen molar-refractivity contribution in [3.8, 4) is 0 Å². The maximum absolute atomic E-state index is 12.7. The zero-order valence-corrected chi connectivity index (χ0v) is 17.2. The molecule has 1 amide bonds. The molecule has 148 valence electrons. The van der Waals surface area contributed by atoms with E-state index in [9.17, 15) is 13.2 Å². The summed E-state index contributed by atoms with van der Waals surface area (Å²) in [6, 6.07) is 15.5. The standard InChI is InChI=1S/C21H23ClN2O3S/c1-16-11-13-24(14-12-16)28(26,27)19-9-7-18(8-10-19)23-21(25)20(22)15-17-5-3-2-4-6-17/h2-10,15-16H,11-14H2,1H3,(H,23,25). The normalized spacial score (nSPS) is 16.7. The number of piperidine rings is 1. The van der Waals surface area contributed by atoms with Crippen LogP contribution in [0.4, 0.5) is 5.69 Å². The van der Waals surface area contributed by atoms with Crippen molar-refractivity contribution in [1.82, 2.24) is 4.31 Å². The van der Waals surface area contributed by atoms with E-state index in [1.807, 2.05) is 30.3 Å². The third-order valence-electron chi connectivity index (χ3n) is 4.80. The van der Waals surface area contributed by atoms with Gasteiger partial charge in [0.15, 0.2) is 0 Å². The van der Waals surface area contributed by atoms with E-state index in [1.165, 1.54) is 16.4 Å². The summed E-state index contributed by atoms with van der Waals surface area (Å²) in [5.41, 5.74) is 1.30. The molecule has 0 atom stereocenters. The first-order chi connectivity index (χ1) is 13.4. The second-order valence-corrected chi connectivity index (χ2v) is 9.31. The van der Waals surface area contributed by atoms with Gasteiger partial charge in [0.2, 0.25) is 10.0 Å². The Morgan fingerprint density at radius 2 is 1.68 bits per heavy atom. The van der Waals surface area contributed by atoms with E-state index in [4.69, 9.17) is 11.6 Å². The lowest BCUT2D eigenvalue weighted by molar-refractivity contribution is -0.112. The van der Waals surface area contributed by atoms with Crippen LogP contribution in [0, 0.1) is 5.92 Å². The van der Waals surface area contributed by atoms with Gasteiger partial charge in [0.1, 0.15) is 5.03 Å². The van der Waals surface area contributed by atoms with Gasteiger partial charge in [0, 0.05) is 18.8 Å². The summed E-state index contributed by atoms with van der Waals surface area (Å²) in [5.74, 6) is 0.101. The highest BCUT2D eigenvalue weighted by Crippen LogP contribution is 2.24. The molecule has 1 aliphatic heterocycles. The van der Waals surface area contributed by atoms with E-state index >= 15 is 0 Å². The van der Waals surface area contributed by atoms with Crippen LogP contribution in [0.3, 0.4) is 0 Å². The van der Waals surface area contributed by atoms with Crippen LogP contribution in [0.5, 0.6) is 0 Å². The molecule has 0 aliphatic carbocycles. The lowest BCUT2D eigenvalue weighted by Crippen LogP contribution is -2.37. The van der Waals surface area contributed by atoms with Crippen molar-refractivity contribution in [2.45, 2.75) is 24.7 Å². The van der Waals surface area contributed by atoms with Gasteiger partial charge in [0.05, 0.1) is 4.90 Å². The maximum Gasteiger partial charge on any atom is 0.267 e. The zero-order valence-electron chi connectivity index (χ0n) is 15.6. The van der Waals surface area contributed by atoms with E-state index in [-0.39, 0.29) is 9.93 Å². The van der Waals surface area contributed by atoms with Crippen molar-refractivity contribution in [2.24, 2.45) is 5.92 Å². The molecule has 0 bridgehead atoms. The summed E-state index contributed by atoms with van der Waals surface area (Å²) in [5, 5.41) is 2.72. The van der Waals surface area contributed by atoms with Gasteiger partial charge >= 0.3 is 0 Å². The predicted molar refractivity (Wildman–Crippen MR) is 113 cm³/mol. The zero-order chi connectivity index (χ0) is 20.1. The molecule has 0 radical (unpaired) electrons. The van der Waals surface area contributed by atoms with Gasteiger partial charge in [-0.2, -0.15) is 4.31 Å². The number of hydrogen-bond acceptors (Lipinski definition) is 3. The van der Waals surface area contributed by atoms with Gasteiger partial charge in [-0.15, -0.1) is 0 Å². The Bertz CT molecular complexity index is 949. The topological polar surface area (TPSA) is 66.5 Å². The van der Waals surface area contributed by atoms with Gasteiger partial charge in [-0.05, 0) is 54.7 Å². The maximum atomic E-state index is 12.7. The van der Waals surface area contributed by atoms with Gasteiger partial charge in [0.25, 0.3) is 5.91 Å². The van der Waals surface area contributed by atoms with Crippen LogP contribution >= 0.6 is 11.6 Å². The minimum atomic E-state index is -3.50. The minimum absolute atomic E-state index is 0.0466. The van der Waals surface area contributed by atoms with Gasteiger partial charge in [-0.25, -0.2) is 8.42 Å². The van der Waals surface area contributed by atoms with E-state index < -0.39 is 15.9 Å². The highest BCUT2D eigenvalue weighted by Gasteiger charge is 2.27. The van der Waals surface area contributed by atoms with Crippen LogP contribution in [-0.4, -0.2) is 31.7 Å². The highest BCUT2D eigenvalue weighted by molar-refractivity contribution is 7.89. The fourth-order valence-corrected chi connectivity index (χ4v) is 4.68. The molecule has 0 spiro atoms. The van der Waals surface area contributed by atoms with Crippen LogP contribution in [-0.2, 0) is 14.8 Å². The number of halogens is 1. The molecule has 1 aliphatic rings. The predicted octanol–water partition coefficient (Wildman–Crippen LogP) is 4.33. The number of hydrogen-bond donors (Lipinski definition) is 1. The Labute approximate surface area is 171 Å². The molecule has 1 fully saturated rings. The van der Waals surface area contributed by atoms with Crippen molar-refractivity contribution in [2.75, 3.05) is 18.4 Å².